The first-order chi connectivity index (χ1) is 7.46. The first kappa shape index (κ1) is 13.5. The van der Waals surface area contributed by atoms with Crippen molar-refractivity contribution in [2.24, 2.45) is 17.6 Å². The molecule has 1 amide bonds. The van der Waals surface area contributed by atoms with Gasteiger partial charge in [-0.25, -0.2) is 0 Å². The first-order valence-corrected chi connectivity index (χ1v) is 6.53. The van der Waals surface area contributed by atoms with Crippen molar-refractivity contribution in [2.45, 2.75) is 58.4 Å². The maximum Gasteiger partial charge on any atom is 0.240 e. The summed E-state index contributed by atoms with van der Waals surface area (Å²) in [6.45, 7) is 7.26. The minimum absolute atomic E-state index is 0.0553. The van der Waals surface area contributed by atoms with E-state index in [-0.39, 0.29) is 5.91 Å². The van der Waals surface area contributed by atoms with E-state index in [2.05, 4.69) is 26.1 Å². The Morgan fingerprint density at radius 1 is 1.25 bits per heavy atom. The normalized spacial score (nSPS) is 21.8. The molecule has 0 radical (unpaired) electrons. The number of amides is 1. The van der Waals surface area contributed by atoms with Gasteiger partial charge in [0.1, 0.15) is 0 Å². The maximum atomic E-state index is 12.0. The molecule has 1 aliphatic carbocycles. The predicted molar refractivity (Wildman–Crippen MR) is 67.0 cm³/mol. The fourth-order valence-corrected chi connectivity index (χ4v) is 2.08. The van der Waals surface area contributed by atoms with Gasteiger partial charge in [-0.1, -0.05) is 40.0 Å². The zero-order chi connectivity index (χ0) is 12.2. The predicted octanol–water partition coefficient (Wildman–Crippen LogP) is 2.06. The molecule has 3 nitrogen and oxygen atoms in total. The summed E-state index contributed by atoms with van der Waals surface area (Å²) in [5.41, 5.74) is 5.56. The van der Waals surface area contributed by atoms with Crippen LogP contribution in [0.5, 0.6) is 0 Å². The topological polar surface area (TPSA) is 55.1 Å². The Labute approximate surface area is 99.2 Å². The molecule has 0 aliphatic heterocycles. The first-order valence-electron chi connectivity index (χ1n) is 6.53. The van der Waals surface area contributed by atoms with Crippen LogP contribution in [0.15, 0.2) is 0 Å². The van der Waals surface area contributed by atoms with Crippen LogP contribution < -0.4 is 11.1 Å². The lowest BCUT2D eigenvalue weighted by Gasteiger charge is -2.32. The van der Waals surface area contributed by atoms with Crippen LogP contribution in [0.2, 0.25) is 0 Å². The minimum Gasteiger partial charge on any atom is -0.354 e. The van der Waals surface area contributed by atoms with Gasteiger partial charge in [-0.15, -0.1) is 0 Å². The van der Waals surface area contributed by atoms with Gasteiger partial charge < -0.3 is 11.1 Å². The molecule has 0 bridgehead atoms. The highest BCUT2D eigenvalue weighted by Crippen LogP contribution is 2.26. The van der Waals surface area contributed by atoms with E-state index in [4.69, 9.17) is 5.73 Å². The quantitative estimate of drug-likeness (QED) is 0.771. The van der Waals surface area contributed by atoms with Gasteiger partial charge in [0.2, 0.25) is 5.91 Å². The van der Waals surface area contributed by atoms with Crippen molar-refractivity contribution in [1.82, 2.24) is 5.32 Å². The van der Waals surface area contributed by atoms with Gasteiger partial charge in [-0.3, -0.25) is 4.79 Å². The lowest BCUT2D eigenvalue weighted by molar-refractivity contribution is -0.127. The van der Waals surface area contributed by atoms with Crippen molar-refractivity contribution in [3.8, 4) is 0 Å². The van der Waals surface area contributed by atoms with E-state index in [1.807, 2.05) is 0 Å². The summed E-state index contributed by atoms with van der Waals surface area (Å²) in [5.74, 6) is 1.16. The van der Waals surface area contributed by atoms with Crippen LogP contribution in [0.25, 0.3) is 0 Å². The van der Waals surface area contributed by atoms with E-state index >= 15 is 0 Å². The molecule has 16 heavy (non-hydrogen) atoms. The SMILES string of the molecule is CC(C)C(C)CNC(=O)C1(N)CCCCC1. The third-order valence-electron chi connectivity index (χ3n) is 3.92. The molecule has 1 unspecified atom stereocenters. The molecular weight excluding hydrogens is 200 g/mol. The largest absolute Gasteiger partial charge is 0.354 e. The number of carbonyl (C=O) groups is 1. The van der Waals surface area contributed by atoms with Crippen LogP contribution in [0, 0.1) is 11.8 Å². The summed E-state index contributed by atoms with van der Waals surface area (Å²) in [7, 11) is 0. The second kappa shape index (κ2) is 5.67. The average Bonchev–Trinajstić information content (AvgIpc) is 2.26. The van der Waals surface area contributed by atoms with Crippen molar-refractivity contribution in [3.63, 3.8) is 0 Å². The zero-order valence-electron chi connectivity index (χ0n) is 10.9. The smallest absolute Gasteiger partial charge is 0.240 e. The van der Waals surface area contributed by atoms with Gasteiger partial charge in [-0.2, -0.15) is 0 Å². The highest BCUT2D eigenvalue weighted by atomic mass is 16.2. The number of rotatable bonds is 4. The summed E-state index contributed by atoms with van der Waals surface area (Å²) in [6.07, 6.45) is 5.08. The summed E-state index contributed by atoms with van der Waals surface area (Å²) in [5, 5.41) is 3.01. The summed E-state index contributed by atoms with van der Waals surface area (Å²) < 4.78 is 0. The maximum absolute atomic E-state index is 12.0. The third kappa shape index (κ3) is 3.48. The highest BCUT2D eigenvalue weighted by Gasteiger charge is 2.35. The van der Waals surface area contributed by atoms with Crippen LogP contribution in [0.3, 0.4) is 0 Å². The monoisotopic (exact) mass is 226 g/mol. The van der Waals surface area contributed by atoms with Crippen LogP contribution in [0.4, 0.5) is 0 Å². The highest BCUT2D eigenvalue weighted by molar-refractivity contribution is 5.86. The molecule has 1 rings (SSSR count). The second-order valence-electron chi connectivity index (χ2n) is 5.65. The van der Waals surface area contributed by atoms with E-state index in [1.54, 1.807) is 0 Å². The number of hydrogen-bond donors (Lipinski definition) is 2. The second-order valence-corrected chi connectivity index (χ2v) is 5.65. The molecular formula is C13H26N2O. The molecule has 1 aliphatic rings. The molecule has 94 valence electrons. The van der Waals surface area contributed by atoms with Crippen molar-refractivity contribution in [1.29, 1.82) is 0 Å². The molecule has 0 aromatic rings. The van der Waals surface area contributed by atoms with Crippen LogP contribution in [-0.2, 0) is 4.79 Å². The van der Waals surface area contributed by atoms with Crippen molar-refractivity contribution < 1.29 is 4.79 Å². The molecule has 0 aromatic heterocycles. The van der Waals surface area contributed by atoms with E-state index in [0.29, 0.717) is 11.8 Å². The Morgan fingerprint density at radius 3 is 2.31 bits per heavy atom. The Bertz CT molecular complexity index is 232. The van der Waals surface area contributed by atoms with Crippen molar-refractivity contribution in [2.75, 3.05) is 6.54 Å². The fourth-order valence-electron chi connectivity index (χ4n) is 2.08. The minimum atomic E-state index is -0.588. The van der Waals surface area contributed by atoms with Crippen LogP contribution in [0.1, 0.15) is 52.9 Å². The lowest BCUT2D eigenvalue weighted by atomic mass is 9.82. The van der Waals surface area contributed by atoms with Gasteiger partial charge in [0.15, 0.2) is 0 Å². The molecule has 0 spiro atoms. The standard InChI is InChI=1S/C13H26N2O/c1-10(2)11(3)9-15-12(16)13(14)7-5-4-6-8-13/h10-11H,4-9,14H2,1-3H3,(H,15,16). The van der Waals surface area contributed by atoms with E-state index in [9.17, 15) is 4.79 Å². The van der Waals surface area contributed by atoms with E-state index < -0.39 is 5.54 Å². The number of nitrogens with one attached hydrogen (secondary N) is 1. The summed E-state index contributed by atoms with van der Waals surface area (Å²) in [4.78, 5) is 12.0. The Morgan fingerprint density at radius 2 is 1.81 bits per heavy atom. The molecule has 0 aromatic carbocycles. The van der Waals surface area contributed by atoms with Gasteiger partial charge in [0.25, 0.3) is 0 Å². The zero-order valence-corrected chi connectivity index (χ0v) is 10.9. The van der Waals surface area contributed by atoms with Gasteiger partial charge >= 0.3 is 0 Å². The third-order valence-corrected chi connectivity index (χ3v) is 3.92. The molecule has 1 fully saturated rings. The number of carbonyl (C=O) groups excluding carboxylic acids is 1. The van der Waals surface area contributed by atoms with Crippen LogP contribution >= 0.6 is 0 Å². The Kier molecular flexibility index (Phi) is 4.78. The van der Waals surface area contributed by atoms with Gasteiger partial charge in [0, 0.05) is 6.54 Å². The lowest BCUT2D eigenvalue weighted by Crippen LogP contribution is -2.55. The fraction of sp³-hybridized carbons (Fsp3) is 0.923. The molecule has 0 saturated heterocycles. The molecule has 1 saturated carbocycles. The number of nitrogens with two attached hydrogens (primary N) is 1. The van der Waals surface area contributed by atoms with E-state index in [0.717, 1.165) is 32.2 Å². The molecule has 3 heteroatoms. The van der Waals surface area contributed by atoms with E-state index in [1.165, 1.54) is 6.42 Å². The molecule has 1 atom stereocenters. The van der Waals surface area contributed by atoms with Crippen molar-refractivity contribution in [3.05, 3.63) is 0 Å². The molecule has 3 N–H and O–H groups in total. The van der Waals surface area contributed by atoms with Gasteiger partial charge in [-0.05, 0) is 24.7 Å². The van der Waals surface area contributed by atoms with Crippen molar-refractivity contribution >= 4 is 5.91 Å². The number of hydrogen-bond acceptors (Lipinski definition) is 2. The summed E-state index contributed by atoms with van der Waals surface area (Å²) >= 11 is 0. The molecule has 0 heterocycles. The van der Waals surface area contributed by atoms with Gasteiger partial charge in [0.05, 0.1) is 5.54 Å². The Balaban J connectivity index is 2.39. The summed E-state index contributed by atoms with van der Waals surface area (Å²) in [6, 6.07) is 0. The Hall–Kier alpha value is -0.570. The van der Waals surface area contributed by atoms with Crippen LogP contribution in [-0.4, -0.2) is 18.0 Å². The average molecular weight is 226 g/mol.